The van der Waals surface area contributed by atoms with Gasteiger partial charge in [-0.15, -0.1) is 0 Å². The largest absolute Gasteiger partial charge is 0.456 e. The lowest BCUT2D eigenvalue weighted by molar-refractivity contribution is 0.0893. The number of hydrogen-bond donors (Lipinski definition) is 0. The van der Waals surface area contributed by atoms with Crippen molar-refractivity contribution in [1.82, 2.24) is 0 Å². The van der Waals surface area contributed by atoms with Gasteiger partial charge in [0.05, 0.1) is 5.69 Å². The summed E-state index contributed by atoms with van der Waals surface area (Å²) in [6, 6.07) is 32.5. The average molecular weight is 439 g/mol. The molecule has 1 aromatic heterocycles. The molecule has 0 aliphatic carbocycles. The minimum Gasteiger partial charge on any atom is -0.456 e. The molecule has 0 atom stereocenters. The van der Waals surface area contributed by atoms with Gasteiger partial charge in [-0.05, 0) is 52.9 Å². The van der Waals surface area contributed by atoms with Gasteiger partial charge in [-0.3, -0.25) is 9.59 Å². The Kier molecular flexibility index (Phi) is 3.82. The standard InChI is InChI=1S/C30H17NO3/c32-29-23-13-6-11-20-19(21-12-7-15-26-28(21)22-10-4-5-14-25(22)34-26)16-17-24(27(20)23)30(33)31(29)18-8-2-1-3-9-18/h1-17H. The summed E-state index contributed by atoms with van der Waals surface area (Å²) in [5.74, 6) is -0.614. The van der Waals surface area contributed by atoms with Gasteiger partial charge in [0.15, 0.2) is 0 Å². The average Bonchev–Trinajstić information content (AvgIpc) is 3.27. The first-order chi connectivity index (χ1) is 16.7. The summed E-state index contributed by atoms with van der Waals surface area (Å²) in [6.07, 6.45) is 0. The Labute approximate surface area is 194 Å². The number of carbonyl (C=O) groups is 2. The predicted octanol–water partition coefficient (Wildman–Crippen LogP) is 7.21. The highest BCUT2D eigenvalue weighted by molar-refractivity contribution is 6.36. The van der Waals surface area contributed by atoms with Crippen LogP contribution in [0, 0.1) is 0 Å². The fourth-order valence-electron chi connectivity index (χ4n) is 5.14. The zero-order valence-electron chi connectivity index (χ0n) is 18.0. The number of amides is 2. The van der Waals surface area contributed by atoms with E-state index in [0.717, 1.165) is 38.5 Å². The smallest absolute Gasteiger partial charge is 0.265 e. The van der Waals surface area contributed by atoms with Crippen LogP contribution < -0.4 is 4.90 Å². The highest BCUT2D eigenvalue weighted by Crippen LogP contribution is 2.42. The summed E-state index contributed by atoms with van der Waals surface area (Å²) in [5, 5.41) is 3.64. The van der Waals surface area contributed by atoms with Crippen molar-refractivity contribution >= 4 is 50.2 Å². The molecule has 2 amide bonds. The Bertz CT molecular complexity index is 1770. The number of carbonyl (C=O) groups excluding carboxylic acids is 2. The molecule has 160 valence electrons. The molecule has 0 saturated carbocycles. The third kappa shape index (κ3) is 2.48. The Morgan fingerprint density at radius 3 is 1.94 bits per heavy atom. The van der Waals surface area contributed by atoms with Crippen LogP contribution in [0.15, 0.2) is 108 Å². The summed E-state index contributed by atoms with van der Waals surface area (Å²) in [7, 11) is 0. The van der Waals surface area contributed by atoms with Crippen molar-refractivity contribution in [2.24, 2.45) is 0 Å². The van der Waals surface area contributed by atoms with E-state index in [1.165, 1.54) is 4.90 Å². The molecule has 0 N–H and O–H groups in total. The second-order valence-corrected chi connectivity index (χ2v) is 8.45. The molecule has 0 unspecified atom stereocenters. The van der Waals surface area contributed by atoms with Crippen LogP contribution in [-0.4, -0.2) is 11.8 Å². The van der Waals surface area contributed by atoms with Gasteiger partial charge in [-0.25, -0.2) is 4.90 Å². The van der Waals surface area contributed by atoms with E-state index < -0.39 is 0 Å². The van der Waals surface area contributed by atoms with Crippen molar-refractivity contribution in [3.8, 4) is 11.1 Å². The molecule has 5 aromatic carbocycles. The monoisotopic (exact) mass is 439 g/mol. The van der Waals surface area contributed by atoms with Gasteiger partial charge in [0, 0.05) is 27.3 Å². The molecule has 0 spiro atoms. The highest BCUT2D eigenvalue weighted by Gasteiger charge is 2.34. The van der Waals surface area contributed by atoms with E-state index >= 15 is 0 Å². The molecular weight excluding hydrogens is 422 g/mol. The van der Waals surface area contributed by atoms with Crippen LogP contribution in [0.4, 0.5) is 5.69 Å². The fraction of sp³-hybridized carbons (Fsp3) is 0. The second kappa shape index (κ2) is 6.90. The molecular formula is C30H17NO3. The highest BCUT2D eigenvalue weighted by atomic mass is 16.3. The molecule has 6 aromatic rings. The Morgan fingerprint density at radius 2 is 1.09 bits per heavy atom. The third-order valence-electron chi connectivity index (χ3n) is 6.61. The van der Waals surface area contributed by atoms with Gasteiger partial charge >= 0.3 is 0 Å². The van der Waals surface area contributed by atoms with E-state index in [1.54, 1.807) is 18.2 Å². The zero-order chi connectivity index (χ0) is 22.8. The van der Waals surface area contributed by atoms with Crippen LogP contribution in [0.25, 0.3) is 43.8 Å². The molecule has 0 saturated heterocycles. The normalized spacial score (nSPS) is 13.4. The number of benzene rings is 5. The van der Waals surface area contributed by atoms with Gasteiger partial charge in [0.1, 0.15) is 11.2 Å². The quantitative estimate of drug-likeness (QED) is 0.268. The third-order valence-corrected chi connectivity index (χ3v) is 6.61. The van der Waals surface area contributed by atoms with Gasteiger partial charge < -0.3 is 4.42 Å². The van der Waals surface area contributed by atoms with Gasteiger partial charge in [-0.2, -0.15) is 0 Å². The van der Waals surface area contributed by atoms with Gasteiger partial charge in [0.2, 0.25) is 0 Å². The number of nitrogens with zero attached hydrogens (tertiary/aromatic N) is 1. The summed E-state index contributed by atoms with van der Waals surface area (Å²) >= 11 is 0. The molecule has 2 heterocycles. The van der Waals surface area contributed by atoms with Crippen LogP contribution in [-0.2, 0) is 0 Å². The first kappa shape index (κ1) is 18.8. The van der Waals surface area contributed by atoms with Gasteiger partial charge in [-0.1, -0.05) is 66.7 Å². The molecule has 0 fully saturated rings. The Morgan fingerprint density at radius 1 is 0.471 bits per heavy atom. The van der Waals surface area contributed by atoms with E-state index in [9.17, 15) is 9.59 Å². The number of anilines is 1. The van der Waals surface area contributed by atoms with E-state index in [4.69, 9.17) is 4.42 Å². The molecule has 34 heavy (non-hydrogen) atoms. The van der Waals surface area contributed by atoms with E-state index in [2.05, 4.69) is 12.1 Å². The molecule has 4 nitrogen and oxygen atoms in total. The van der Waals surface area contributed by atoms with Crippen LogP contribution >= 0.6 is 0 Å². The molecule has 7 rings (SSSR count). The lowest BCUT2D eigenvalue weighted by atomic mass is 9.88. The fourth-order valence-corrected chi connectivity index (χ4v) is 5.14. The second-order valence-electron chi connectivity index (χ2n) is 8.45. The summed E-state index contributed by atoms with van der Waals surface area (Å²) in [6.45, 7) is 0. The lowest BCUT2D eigenvalue weighted by Gasteiger charge is -2.28. The number of fused-ring (bicyclic) bond motifs is 3. The maximum atomic E-state index is 13.5. The van der Waals surface area contributed by atoms with E-state index in [-0.39, 0.29) is 11.8 Å². The molecule has 0 bridgehead atoms. The maximum Gasteiger partial charge on any atom is 0.265 e. The number of imide groups is 1. The van der Waals surface area contributed by atoms with Crippen LogP contribution in [0.3, 0.4) is 0 Å². The first-order valence-corrected chi connectivity index (χ1v) is 11.1. The van der Waals surface area contributed by atoms with Crippen LogP contribution in [0.5, 0.6) is 0 Å². The SMILES string of the molecule is O=C1c2cccc3c(-c4cccc5oc6ccccc6c45)ccc(c23)C(=O)N1c1ccccc1. The minimum atomic E-state index is -0.307. The van der Waals surface area contributed by atoms with E-state index in [0.29, 0.717) is 22.2 Å². The van der Waals surface area contributed by atoms with Crippen molar-refractivity contribution in [3.63, 3.8) is 0 Å². The van der Waals surface area contributed by atoms with Crippen molar-refractivity contribution in [2.75, 3.05) is 4.90 Å². The van der Waals surface area contributed by atoms with Crippen molar-refractivity contribution in [1.29, 1.82) is 0 Å². The molecule has 1 aliphatic rings. The number of hydrogen-bond acceptors (Lipinski definition) is 3. The lowest BCUT2D eigenvalue weighted by Crippen LogP contribution is -2.40. The number of para-hydroxylation sites is 2. The zero-order valence-corrected chi connectivity index (χ0v) is 18.0. The van der Waals surface area contributed by atoms with Crippen LogP contribution in [0.1, 0.15) is 20.7 Å². The summed E-state index contributed by atoms with van der Waals surface area (Å²) < 4.78 is 6.09. The maximum absolute atomic E-state index is 13.5. The number of furan rings is 1. The molecule has 0 radical (unpaired) electrons. The predicted molar refractivity (Wildman–Crippen MR) is 134 cm³/mol. The Balaban J connectivity index is 1.52. The summed E-state index contributed by atoms with van der Waals surface area (Å²) in [4.78, 5) is 28.3. The van der Waals surface area contributed by atoms with Crippen molar-refractivity contribution < 1.29 is 14.0 Å². The topological polar surface area (TPSA) is 50.5 Å². The minimum absolute atomic E-state index is 0.307. The van der Waals surface area contributed by atoms with Gasteiger partial charge in [0.25, 0.3) is 11.8 Å². The summed E-state index contributed by atoms with van der Waals surface area (Å²) in [5.41, 5.74) is 5.24. The molecule has 4 heteroatoms. The van der Waals surface area contributed by atoms with Crippen molar-refractivity contribution in [2.45, 2.75) is 0 Å². The van der Waals surface area contributed by atoms with E-state index in [1.807, 2.05) is 72.8 Å². The van der Waals surface area contributed by atoms with Crippen molar-refractivity contribution in [3.05, 3.63) is 114 Å². The van der Waals surface area contributed by atoms with Crippen LogP contribution in [0.2, 0.25) is 0 Å². The molecule has 1 aliphatic heterocycles. The Hall–Kier alpha value is -4.70. The first-order valence-electron chi connectivity index (χ1n) is 11.1. The number of rotatable bonds is 2.